The van der Waals surface area contributed by atoms with Gasteiger partial charge in [0.2, 0.25) is 0 Å². The molecule has 1 aliphatic heterocycles. The van der Waals surface area contributed by atoms with Crippen LogP contribution in [-0.4, -0.2) is 28.0 Å². The number of benzene rings is 1. The number of amides is 1. The second kappa shape index (κ2) is 5.83. The predicted molar refractivity (Wildman–Crippen MR) is 98.5 cm³/mol. The first kappa shape index (κ1) is 15.0. The monoisotopic (exact) mass is 335 g/mol. The van der Waals surface area contributed by atoms with E-state index in [0.29, 0.717) is 10.8 Å². The average Bonchev–Trinajstić information content (AvgIpc) is 3.14. The fraction of sp³-hybridized carbons (Fsp3) is 0.211. The summed E-state index contributed by atoms with van der Waals surface area (Å²) >= 11 is 5.52. The Kier molecular flexibility index (Phi) is 3.65. The van der Waals surface area contributed by atoms with Crippen LogP contribution in [0.3, 0.4) is 0 Å². The largest absolute Gasteiger partial charge is 0.317 e. The van der Waals surface area contributed by atoms with Crippen LogP contribution in [0.4, 0.5) is 5.69 Å². The van der Waals surface area contributed by atoms with Crippen LogP contribution in [0.5, 0.6) is 0 Å². The average molecular weight is 335 g/mol. The Morgan fingerprint density at radius 1 is 1.12 bits per heavy atom. The normalized spacial score (nSPS) is 18.6. The van der Waals surface area contributed by atoms with Gasteiger partial charge in [-0.25, -0.2) is 0 Å². The summed E-state index contributed by atoms with van der Waals surface area (Å²) < 4.78 is 0. The maximum Gasteiger partial charge on any atom is 0.281 e. The second-order valence-electron chi connectivity index (χ2n) is 6.10. The molecular formula is C19H17N3OS. The van der Waals surface area contributed by atoms with Crippen LogP contribution < -0.4 is 4.90 Å². The highest BCUT2D eigenvalue weighted by atomic mass is 32.1. The fourth-order valence-corrected chi connectivity index (χ4v) is 3.59. The number of aromatic nitrogens is 1. The number of aryl methyl sites for hydroxylation is 2. The molecule has 0 N–H and O–H groups in total. The highest BCUT2D eigenvalue weighted by Crippen LogP contribution is 2.31. The first-order valence-corrected chi connectivity index (χ1v) is 8.41. The third-order valence-corrected chi connectivity index (χ3v) is 5.07. The maximum absolute atomic E-state index is 12.9. The topological polar surface area (TPSA) is 36.4 Å². The smallest absolute Gasteiger partial charge is 0.281 e. The molecule has 1 amide bonds. The third kappa shape index (κ3) is 2.41. The summed E-state index contributed by atoms with van der Waals surface area (Å²) in [6.45, 7) is 0. The summed E-state index contributed by atoms with van der Waals surface area (Å²) in [5.41, 5.74) is 5.08. The number of nitrogens with zero attached hydrogens (tertiary/aromatic N) is 3. The van der Waals surface area contributed by atoms with Crippen LogP contribution in [-0.2, 0) is 17.6 Å². The van der Waals surface area contributed by atoms with E-state index >= 15 is 0 Å². The summed E-state index contributed by atoms with van der Waals surface area (Å²) in [5, 5.41) is 0.512. The Hall–Kier alpha value is -2.53. The van der Waals surface area contributed by atoms with E-state index in [9.17, 15) is 4.79 Å². The van der Waals surface area contributed by atoms with Crippen LogP contribution in [0.25, 0.3) is 6.08 Å². The molecule has 4 nitrogen and oxygen atoms in total. The highest BCUT2D eigenvalue weighted by molar-refractivity contribution is 7.80. The van der Waals surface area contributed by atoms with Gasteiger partial charge < -0.3 is 4.90 Å². The summed E-state index contributed by atoms with van der Waals surface area (Å²) in [7, 11) is 1.83. The van der Waals surface area contributed by atoms with Crippen LogP contribution in [0.1, 0.15) is 23.1 Å². The zero-order chi connectivity index (χ0) is 16.7. The Bertz CT molecular complexity index is 860. The van der Waals surface area contributed by atoms with E-state index in [-0.39, 0.29) is 5.91 Å². The number of anilines is 1. The van der Waals surface area contributed by atoms with Gasteiger partial charge >= 0.3 is 0 Å². The van der Waals surface area contributed by atoms with Crippen LogP contribution in [0.2, 0.25) is 0 Å². The Morgan fingerprint density at radius 2 is 1.88 bits per heavy atom. The molecule has 0 bridgehead atoms. The van der Waals surface area contributed by atoms with Crippen molar-refractivity contribution < 1.29 is 4.79 Å². The van der Waals surface area contributed by atoms with Crippen molar-refractivity contribution in [3.8, 4) is 0 Å². The first-order valence-electron chi connectivity index (χ1n) is 8.01. The number of hydrogen-bond donors (Lipinski definition) is 0. The van der Waals surface area contributed by atoms with E-state index in [1.165, 1.54) is 17.5 Å². The van der Waals surface area contributed by atoms with Crippen LogP contribution >= 0.6 is 12.2 Å². The van der Waals surface area contributed by atoms with Gasteiger partial charge in [0, 0.05) is 19.4 Å². The molecule has 5 heteroatoms. The van der Waals surface area contributed by atoms with Crippen molar-refractivity contribution in [2.75, 3.05) is 11.9 Å². The molecule has 1 saturated heterocycles. The lowest BCUT2D eigenvalue weighted by molar-refractivity contribution is -0.114. The molecule has 0 atom stereocenters. The van der Waals surface area contributed by atoms with E-state index in [2.05, 4.69) is 17.1 Å². The zero-order valence-corrected chi connectivity index (χ0v) is 14.2. The maximum atomic E-state index is 12.9. The molecule has 120 valence electrons. The summed E-state index contributed by atoms with van der Waals surface area (Å²) in [6, 6.07) is 9.97. The van der Waals surface area contributed by atoms with Gasteiger partial charge in [-0.3, -0.25) is 14.7 Å². The van der Waals surface area contributed by atoms with Crippen molar-refractivity contribution in [1.82, 2.24) is 9.88 Å². The van der Waals surface area contributed by atoms with E-state index in [1.54, 1.807) is 22.2 Å². The highest BCUT2D eigenvalue weighted by Gasteiger charge is 2.37. The molecule has 2 heterocycles. The zero-order valence-electron chi connectivity index (χ0n) is 13.4. The van der Waals surface area contributed by atoms with Gasteiger partial charge in [-0.2, -0.15) is 0 Å². The second-order valence-corrected chi connectivity index (χ2v) is 6.46. The quantitative estimate of drug-likeness (QED) is 0.624. The van der Waals surface area contributed by atoms with Crippen molar-refractivity contribution in [1.29, 1.82) is 0 Å². The van der Waals surface area contributed by atoms with Gasteiger partial charge in [0.25, 0.3) is 5.91 Å². The molecule has 1 fully saturated rings. The van der Waals surface area contributed by atoms with Crippen molar-refractivity contribution in [2.45, 2.75) is 19.3 Å². The molecule has 0 saturated carbocycles. The molecule has 1 aliphatic carbocycles. The molecule has 0 unspecified atom stereocenters. The van der Waals surface area contributed by atoms with Crippen LogP contribution in [0, 0.1) is 0 Å². The Balaban J connectivity index is 1.72. The Labute approximate surface area is 146 Å². The number of carbonyl (C=O) groups is 1. The number of pyridine rings is 1. The Morgan fingerprint density at radius 3 is 2.67 bits per heavy atom. The minimum atomic E-state index is -0.0859. The number of hydrogen-bond acceptors (Lipinski definition) is 3. The van der Waals surface area contributed by atoms with Crippen molar-refractivity contribution in [2.24, 2.45) is 0 Å². The van der Waals surface area contributed by atoms with Crippen molar-refractivity contribution >= 4 is 35.0 Å². The molecule has 2 aliphatic rings. The third-order valence-electron chi connectivity index (χ3n) is 4.61. The summed E-state index contributed by atoms with van der Waals surface area (Å²) in [6.07, 6.45) is 8.66. The van der Waals surface area contributed by atoms with Gasteiger partial charge in [-0.1, -0.05) is 6.07 Å². The number of thiocarbonyl (C=S) groups is 1. The van der Waals surface area contributed by atoms with E-state index < -0.39 is 0 Å². The number of likely N-dealkylation sites (N-methyl/N-ethyl adjacent to an activating group) is 1. The predicted octanol–water partition coefficient (Wildman–Crippen LogP) is 3.17. The molecule has 4 rings (SSSR count). The molecule has 0 spiro atoms. The van der Waals surface area contributed by atoms with E-state index in [0.717, 1.165) is 24.1 Å². The van der Waals surface area contributed by atoms with Gasteiger partial charge in [0.15, 0.2) is 5.11 Å². The van der Waals surface area contributed by atoms with Gasteiger partial charge in [-0.05, 0) is 78.5 Å². The van der Waals surface area contributed by atoms with E-state index in [1.807, 2.05) is 31.3 Å². The SMILES string of the molecule is CN1C(=S)N(c2ccc3c(c2)CCC3)C(=O)/C1=C\c1ccncc1. The summed E-state index contributed by atoms with van der Waals surface area (Å²) in [4.78, 5) is 20.3. The molecule has 1 aromatic heterocycles. The van der Waals surface area contributed by atoms with E-state index in [4.69, 9.17) is 12.2 Å². The standard InChI is InChI=1S/C19H17N3OS/c1-21-17(11-13-7-9-20-10-8-13)18(23)22(19(21)24)16-6-5-14-3-2-4-15(14)12-16/h5-12H,2-4H2,1H3/b17-11+. The lowest BCUT2D eigenvalue weighted by atomic mass is 10.1. The minimum Gasteiger partial charge on any atom is -0.317 e. The molecule has 0 radical (unpaired) electrons. The van der Waals surface area contributed by atoms with Gasteiger partial charge in [0.05, 0.1) is 5.69 Å². The number of fused-ring (bicyclic) bond motifs is 1. The first-order chi connectivity index (χ1) is 11.6. The molecular weight excluding hydrogens is 318 g/mol. The fourth-order valence-electron chi connectivity index (χ4n) is 3.30. The number of rotatable bonds is 2. The van der Waals surface area contributed by atoms with Crippen LogP contribution in [0.15, 0.2) is 48.4 Å². The van der Waals surface area contributed by atoms with Gasteiger partial charge in [0.1, 0.15) is 5.70 Å². The minimum absolute atomic E-state index is 0.0859. The molecule has 24 heavy (non-hydrogen) atoms. The number of carbonyl (C=O) groups excluding carboxylic acids is 1. The lowest BCUT2D eigenvalue weighted by Gasteiger charge is -2.17. The van der Waals surface area contributed by atoms with Gasteiger partial charge in [-0.15, -0.1) is 0 Å². The summed E-state index contributed by atoms with van der Waals surface area (Å²) in [5.74, 6) is -0.0859. The molecule has 2 aromatic rings. The lowest BCUT2D eigenvalue weighted by Crippen LogP contribution is -2.31. The van der Waals surface area contributed by atoms with Crippen molar-refractivity contribution in [3.05, 3.63) is 65.1 Å². The molecule has 1 aromatic carbocycles. The van der Waals surface area contributed by atoms with Crippen molar-refractivity contribution in [3.63, 3.8) is 0 Å².